The molecule has 0 aliphatic carbocycles. The number of nitrogens with zero attached hydrogens (tertiary/aromatic N) is 2. The molecule has 2 amide bonds. The van der Waals surface area contributed by atoms with Gasteiger partial charge in [-0.25, -0.2) is 4.79 Å². The molecular weight excluding hydrogens is 320 g/mol. The number of hydrogen-bond donors (Lipinski definition) is 0. The van der Waals surface area contributed by atoms with Gasteiger partial charge in [0.05, 0.1) is 6.10 Å². The average Bonchev–Trinajstić information content (AvgIpc) is 2.60. The third-order valence-corrected chi connectivity index (χ3v) is 4.39. The summed E-state index contributed by atoms with van der Waals surface area (Å²) in [5.74, 6) is -0.154. The Balaban J connectivity index is 2.11. The van der Waals surface area contributed by atoms with Gasteiger partial charge in [0, 0.05) is 14.1 Å². The van der Waals surface area contributed by atoms with E-state index in [0.29, 0.717) is 6.42 Å². The number of ether oxygens (including phenoxy) is 2. The molecule has 0 saturated carbocycles. The van der Waals surface area contributed by atoms with Gasteiger partial charge in [-0.2, -0.15) is 0 Å². The molecule has 0 bridgehead atoms. The zero-order chi connectivity index (χ0) is 18.4. The van der Waals surface area contributed by atoms with Crippen molar-refractivity contribution in [2.45, 2.75) is 58.1 Å². The maximum Gasteiger partial charge on any atom is 0.412 e. The minimum Gasteiger partial charge on any atom is -0.444 e. The van der Waals surface area contributed by atoms with Gasteiger partial charge in [-0.15, -0.1) is 0 Å². The second-order valence-corrected chi connectivity index (χ2v) is 6.69. The first-order valence-corrected chi connectivity index (χ1v) is 8.75. The fourth-order valence-corrected chi connectivity index (χ4v) is 3.00. The van der Waals surface area contributed by atoms with Gasteiger partial charge in [-0.05, 0) is 38.7 Å². The highest BCUT2D eigenvalue weighted by molar-refractivity contribution is 5.85. The average molecular weight is 348 g/mol. The molecule has 2 rings (SSSR count). The first-order valence-electron chi connectivity index (χ1n) is 8.75. The highest BCUT2D eigenvalue weighted by atomic mass is 16.6. The highest BCUT2D eigenvalue weighted by Crippen LogP contribution is 2.24. The lowest BCUT2D eigenvalue weighted by atomic mass is 10.1. The minimum absolute atomic E-state index is 0.0600. The molecule has 1 aliphatic heterocycles. The summed E-state index contributed by atoms with van der Waals surface area (Å²) in [5, 5.41) is 0. The van der Waals surface area contributed by atoms with E-state index in [9.17, 15) is 9.59 Å². The summed E-state index contributed by atoms with van der Waals surface area (Å²) in [6, 6.07) is 8.84. The molecule has 1 aromatic carbocycles. The van der Waals surface area contributed by atoms with E-state index >= 15 is 0 Å². The summed E-state index contributed by atoms with van der Waals surface area (Å²) >= 11 is 0. The summed E-state index contributed by atoms with van der Waals surface area (Å²) in [4.78, 5) is 28.1. The Labute approximate surface area is 149 Å². The zero-order valence-corrected chi connectivity index (χ0v) is 15.5. The van der Waals surface area contributed by atoms with E-state index in [0.717, 1.165) is 18.4 Å². The van der Waals surface area contributed by atoms with Crippen LogP contribution in [0.2, 0.25) is 0 Å². The van der Waals surface area contributed by atoms with Crippen LogP contribution in [0.15, 0.2) is 30.3 Å². The molecule has 0 aromatic heterocycles. The van der Waals surface area contributed by atoms with E-state index in [1.54, 1.807) is 21.0 Å². The van der Waals surface area contributed by atoms with Crippen molar-refractivity contribution in [3.05, 3.63) is 35.9 Å². The van der Waals surface area contributed by atoms with Gasteiger partial charge < -0.3 is 14.4 Å². The molecule has 0 N–H and O–H groups in total. The van der Waals surface area contributed by atoms with Gasteiger partial charge in [0.1, 0.15) is 18.9 Å². The fourth-order valence-electron chi connectivity index (χ4n) is 3.00. The van der Waals surface area contributed by atoms with Crippen LogP contribution < -0.4 is 0 Å². The predicted octanol–water partition coefficient (Wildman–Crippen LogP) is 3.02. The quantitative estimate of drug-likeness (QED) is 0.821. The van der Waals surface area contributed by atoms with E-state index in [4.69, 9.17) is 9.47 Å². The Kier molecular flexibility index (Phi) is 6.82. The van der Waals surface area contributed by atoms with Crippen molar-refractivity contribution >= 4 is 12.0 Å². The minimum atomic E-state index is -0.645. The van der Waals surface area contributed by atoms with Crippen LogP contribution in [-0.4, -0.2) is 54.3 Å². The number of carbonyl (C=O) groups excluding carboxylic acids is 2. The van der Waals surface area contributed by atoms with E-state index in [1.807, 2.05) is 37.3 Å². The summed E-state index contributed by atoms with van der Waals surface area (Å²) in [5.41, 5.74) is 0.903. The second kappa shape index (κ2) is 8.85. The van der Waals surface area contributed by atoms with Crippen molar-refractivity contribution in [1.29, 1.82) is 0 Å². The fraction of sp³-hybridized carbons (Fsp3) is 0.579. The SMILES string of the molecule is C[C@@H]1CCC[C@H](N(C(=O)OCc2ccccc2)[C@@H](C)C(=O)N(C)C)O1. The van der Waals surface area contributed by atoms with Crippen molar-refractivity contribution < 1.29 is 19.1 Å². The third-order valence-electron chi connectivity index (χ3n) is 4.39. The van der Waals surface area contributed by atoms with Gasteiger partial charge in [0.25, 0.3) is 0 Å². The van der Waals surface area contributed by atoms with Gasteiger partial charge in [-0.3, -0.25) is 9.69 Å². The molecule has 1 saturated heterocycles. The van der Waals surface area contributed by atoms with Crippen LogP contribution in [0.4, 0.5) is 4.79 Å². The van der Waals surface area contributed by atoms with E-state index in [2.05, 4.69) is 0 Å². The summed E-state index contributed by atoms with van der Waals surface area (Å²) in [7, 11) is 3.35. The van der Waals surface area contributed by atoms with E-state index in [-0.39, 0.29) is 18.6 Å². The van der Waals surface area contributed by atoms with Crippen LogP contribution in [0.25, 0.3) is 0 Å². The lowest BCUT2D eigenvalue weighted by Crippen LogP contribution is -2.54. The number of rotatable bonds is 5. The number of hydrogen-bond acceptors (Lipinski definition) is 4. The summed E-state index contributed by atoms with van der Waals surface area (Å²) < 4.78 is 11.4. The van der Waals surface area contributed by atoms with Gasteiger partial charge in [-0.1, -0.05) is 30.3 Å². The van der Waals surface area contributed by atoms with Crippen molar-refractivity contribution in [2.24, 2.45) is 0 Å². The van der Waals surface area contributed by atoms with Crippen molar-refractivity contribution in [1.82, 2.24) is 9.80 Å². The Bertz CT molecular complexity index is 576. The normalized spacial score (nSPS) is 21.3. The molecule has 1 aromatic rings. The lowest BCUT2D eigenvalue weighted by Gasteiger charge is -2.39. The summed E-state index contributed by atoms with van der Waals surface area (Å²) in [6.45, 7) is 3.87. The van der Waals surface area contributed by atoms with Crippen LogP contribution >= 0.6 is 0 Å². The molecule has 1 aliphatic rings. The molecule has 0 unspecified atom stereocenters. The maximum atomic E-state index is 12.7. The maximum absolute atomic E-state index is 12.7. The number of benzene rings is 1. The molecule has 0 radical (unpaired) electrons. The molecule has 0 spiro atoms. The monoisotopic (exact) mass is 348 g/mol. The van der Waals surface area contributed by atoms with Crippen molar-refractivity contribution in [3.63, 3.8) is 0 Å². The van der Waals surface area contributed by atoms with Crippen LogP contribution in [0.5, 0.6) is 0 Å². The van der Waals surface area contributed by atoms with Crippen molar-refractivity contribution in [3.8, 4) is 0 Å². The molecule has 1 fully saturated rings. The molecule has 6 heteroatoms. The molecule has 138 valence electrons. The van der Waals surface area contributed by atoms with Crippen LogP contribution in [0.1, 0.15) is 38.7 Å². The highest BCUT2D eigenvalue weighted by Gasteiger charge is 2.37. The Morgan fingerprint density at radius 2 is 1.92 bits per heavy atom. The first-order chi connectivity index (χ1) is 11.9. The van der Waals surface area contributed by atoms with E-state index in [1.165, 1.54) is 9.80 Å². The van der Waals surface area contributed by atoms with Crippen LogP contribution in [0.3, 0.4) is 0 Å². The Hall–Kier alpha value is -2.08. The van der Waals surface area contributed by atoms with Crippen molar-refractivity contribution in [2.75, 3.05) is 14.1 Å². The summed E-state index contributed by atoms with van der Waals surface area (Å²) in [6.07, 6.45) is 1.72. The molecule has 25 heavy (non-hydrogen) atoms. The Morgan fingerprint density at radius 1 is 1.24 bits per heavy atom. The first kappa shape index (κ1) is 19.2. The van der Waals surface area contributed by atoms with Crippen LogP contribution in [0, 0.1) is 0 Å². The van der Waals surface area contributed by atoms with Gasteiger partial charge >= 0.3 is 6.09 Å². The Morgan fingerprint density at radius 3 is 2.52 bits per heavy atom. The van der Waals surface area contributed by atoms with Gasteiger partial charge in [0.15, 0.2) is 0 Å². The number of likely N-dealkylation sites (N-methyl/N-ethyl adjacent to an activating group) is 1. The standard InChI is InChI=1S/C19H28N2O4/c1-14-9-8-12-17(25-14)21(15(2)18(22)20(3)4)19(23)24-13-16-10-6-5-7-11-16/h5-7,10-11,14-15,17H,8-9,12-13H2,1-4H3/t14-,15+,17-/m1/s1. The molecule has 1 heterocycles. The molecule has 6 nitrogen and oxygen atoms in total. The zero-order valence-electron chi connectivity index (χ0n) is 15.5. The second-order valence-electron chi connectivity index (χ2n) is 6.69. The predicted molar refractivity (Wildman–Crippen MR) is 94.8 cm³/mol. The number of carbonyl (C=O) groups is 2. The topological polar surface area (TPSA) is 59.1 Å². The lowest BCUT2D eigenvalue weighted by molar-refractivity contribution is -0.150. The molecular formula is C19H28N2O4. The van der Waals surface area contributed by atoms with Gasteiger partial charge in [0.2, 0.25) is 5.91 Å². The molecule has 3 atom stereocenters. The largest absolute Gasteiger partial charge is 0.444 e. The van der Waals surface area contributed by atoms with Crippen LogP contribution in [-0.2, 0) is 20.9 Å². The third kappa shape index (κ3) is 5.19. The number of amides is 2. The smallest absolute Gasteiger partial charge is 0.412 e. The van der Waals surface area contributed by atoms with E-state index < -0.39 is 18.4 Å².